The molecule has 7 heteroatoms. The number of hydrogen-bond acceptors (Lipinski definition) is 5. The van der Waals surface area contributed by atoms with Crippen LogP contribution < -0.4 is 15.5 Å². The Morgan fingerprint density at radius 3 is 2.26 bits per heavy atom. The van der Waals surface area contributed by atoms with E-state index in [-0.39, 0.29) is 11.8 Å². The molecule has 170 valence electrons. The molecule has 5 rings (SSSR count). The van der Waals surface area contributed by atoms with Crippen molar-refractivity contribution < 1.29 is 14.3 Å². The van der Waals surface area contributed by atoms with Gasteiger partial charge in [-0.3, -0.25) is 14.6 Å². The van der Waals surface area contributed by atoms with Crippen LogP contribution in [-0.2, 0) is 4.74 Å². The van der Waals surface area contributed by atoms with Crippen LogP contribution in [-0.4, -0.2) is 43.1 Å². The summed E-state index contributed by atoms with van der Waals surface area (Å²) < 4.78 is 5.42. The topological polar surface area (TPSA) is 83.6 Å². The number of benzene rings is 3. The number of rotatable bonds is 5. The number of pyridine rings is 1. The summed E-state index contributed by atoms with van der Waals surface area (Å²) in [5.74, 6) is -0.492. The van der Waals surface area contributed by atoms with E-state index in [1.165, 1.54) is 0 Å². The zero-order valence-electron chi connectivity index (χ0n) is 18.5. The first kappa shape index (κ1) is 21.6. The SMILES string of the molecule is O=C(Nc1cccc(N2CCOCC2)c1)c1cccc(NC(=O)c2ccc3ncccc3c2)c1. The first-order chi connectivity index (χ1) is 16.7. The van der Waals surface area contributed by atoms with E-state index in [1.54, 1.807) is 42.6 Å². The fourth-order valence-corrected chi connectivity index (χ4v) is 3.96. The molecule has 1 aliphatic heterocycles. The van der Waals surface area contributed by atoms with Crippen LogP contribution in [0, 0.1) is 0 Å². The van der Waals surface area contributed by atoms with Crippen molar-refractivity contribution in [2.24, 2.45) is 0 Å². The van der Waals surface area contributed by atoms with Crippen LogP contribution in [0.3, 0.4) is 0 Å². The van der Waals surface area contributed by atoms with Gasteiger partial charge in [0.05, 0.1) is 18.7 Å². The van der Waals surface area contributed by atoms with E-state index in [4.69, 9.17) is 4.74 Å². The molecule has 0 aliphatic carbocycles. The van der Waals surface area contributed by atoms with Gasteiger partial charge in [0.2, 0.25) is 0 Å². The van der Waals surface area contributed by atoms with Gasteiger partial charge < -0.3 is 20.3 Å². The molecule has 2 amide bonds. The van der Waals surface area contributed by atoms with Gasteiger partial charge in [-0.2, -0.15) is 0 Å². The number of carbonyl (C=O) groups excluding carboxylic acids is 2. The van der Waals surface area contributed by atoms with Crippen LogP contribution in [0.1, 0.15) is 20.7 Å². The molecule has 1 aromatic heterocycles. The Bertz CT molecular complexity index is 1350. The number of anilines is 3. The summed E-state index contributed by atoms with van der Waals surface area (Å²) in [4.78, 5) is 32.2. The van der Waals surface area contributed by atoms with Crippen LogP contribution in [0.25, 0.3) is 10.9 Å². The Morgan fingerprint density at radius 1 is 0.765 bits per heavy atom. The standard InChI is InChI=1S/C27H24N4O3/c32-26(30-23-7-2-8-24(18-23)31-12-14-34-15-13-31)20-4-1-6-22(17-20)29-27(33)21-9-10-25-19(16-21)5-3-11-28-25/h1-11,16-18H,12-15H2,(H,29,33)(H,30,32). The third-order valence-corrected chi connectivity index (χ3v) is 5.73. The summed E-state index contributed by atoms with van der Waals surface area (Å²) >= 11 is 0. The predicted octanol–water partition coefficient (Wildman–Crippen LogP) is 4.58. The Hall–Kier alpha value is -4.23. The molecule has 0 unspecified atom stereocenters. The van der Waals surface area contributed by atoms with Crippen LogP contribution in [0.4, 0.5) is 17.1 Å². The fraction of sp³-hybridized carbons (Fsp3) is 0.148. The van der Waals surface area contributed by atoms with Gasteiger partial charge in [0.15, 0.2) is 0 Å². The fourth-order valence-electron chi connectivity index (χ4n) is 3.96. The van der Waals surface area contributed by atoms with Gasteiger partial charge in [-0.05, 0) is 60.7 Å². The molecule has 1 aliphatic rings. The second kappa shape index (κ2) is 9.72. The van der Waals surface area contributed by atoms with Crippen LogP contribution in [0.5, 0.6) is 0 Å². The number of nitrogens with one attached hydrogen (secondary N) is 2. The summed E-state index contributed by atoms with van der Waals surface area (Å²) in [5, 5.41) is 6.72. The van der Waals surface area contributed by atoms with Gasteiger partial charge >= 0.3 is 0 Å². The van der Waals surface area contributed by atoms with Crippen LogP contribution in [0.2, 0.25) is 0 Å². The lowest BCUT2D eigenvalue weighted by atomic mass is 10.1. The third kappa shape index (κ3) is 4.89. The molecule has 4 aromatic rings. The van der Waals surface area contributed by atoms with E-state index >= 15 is 0 Å². The molecule has 1 saturated heterocycles. The molecule has 0 bridgehead atoms. The Morgan fingerprint density at radius 2 is 1.47 bits per heavy atom. The van der Waals surface area contributed by atoms with Gasteiger partial charge in [0.1, 0.15) is 0 Å². The van der Waals surface area contributed by atoms with Crippen LogP contribution in [0.15, 0.2) is 85.1 Å². The number of ether oxygens (including phenoxy) is 1. The summed E-state index contributed by atoms with van der Waals surface area (Å²) in [5.41, 5.74) is 4.12. The molecule has 0 radical (unpaired) electrons. The maximum absolute atomic E-state index is 12.9. The average molecular weight is 453 g/mol. The van der Waals surface area contributed by atoms with E-state index in [0.29, 0.717) is 35.7 Å². The minimum absolute atomic E-state index is 0.244. The van der Waals surface area contributed by atoms with Crippen LogP contribution >= 0.6 is 0 Å². The normalized spacial score (nSPS) is 13.5. The predicted molar refractivity (Wildman–Crippen MR) is 134 cm³/mol. The molecular formula is C27H24N4O3. The quantitative estimate of drug-likeness (QED) is 0.463. The largest absolute Gasteiger partial charge is 0.378 e. The number of amides is 2. The second-order valence-electron chi connectivity index (χ2n) is 8.05. The minimum Gasteiger partial charge on any atom is -0.378 e. The zero-order valence-corrected chi connectivity index (χ0v) is 18.5. The summed E-state index contributed by atoms with van der Waals surface area (Å²) in [7, 11) is 0. The molecule has 34 heavy (non-hydrogen) atoms. The Labute approximate surface area is 197 Å². The van der Waals surface area contributed by atoms with Crippen molar-refractivity contribution in [1.82, 2.24) is 4.98 Å². The van der Waals surface area contributed by atoms with E-state index in [9.17, 15) is 9.59 Å². The van der Waals surface area contributed by atoms with Gasteiger partial charge in [0.25, 0.3) is 11.8 Å². The molecule has 2 heterocycles. The highest BCUT2D eigenvalue weighted by Crippen LogP contribution is 2.22. The number of aromatic nitrogens is 1. The van der Waals surface area contributed by atoms with E-state index in [0.717, 1.165) is 29.7 Å². The highest BCUT2D eigenvalue weighted by molar-refractivity contribution is 6.08. The second-order valence-corrected chi connectivity index (χ2v) is 8.05. The van der Waals surface area contributed by atoms with Crippen molar-refractivity contribution in [3.05, 3.63) is 96.2 Å². The Kier molecular flexibility index (Phi) is 6.18. The lowest BCUT2D eigenvalue weighted by molar-refractivity contribution is 0.101. The first-order valence-corrected chi connectivity index (χ1v) is 11.2. The number of hydrogen-bond donors (Lipinski definition) is 2. The molecule has 1 fully saturated rings. The minimum atomic E-state index is -0.249. The molecule has 2 N–H and O–H groups in total. The molecule has 0 spiro atoms. The molecule has 0 saturated carbocycles. The maximum atomic E-state index is 12.9. The van der Waals surface area contributed by atoms with Crippen molar-refractivity contribution in [3.8, 4) is 0 Å². The van der Waals surface area contributed by atoms with Gasteiger partial charge in [-0.25, -0.2) is 0 Å². The third-order valence-electron chi connectivity index (χ3n) is 5.73. The summed E-state index contributed by atoms with van der Waals surface area (Å²) in [6, 6.07) is 23.8. The first-order valence-electron chi connectivity index (χ1n) is 11.2. The highest BCUT2D eigenvalue weighted by Gasteiger charge is 2.13. The number of nitrogens with zero attached hydrogens (tertiary/aromatic N) is 2. The summed E-state index contributed by atoms with van der Waals surface area (Å²) in [6.45, 7) is 3.05. The van der Waals surface area contributed by atoms with Gasteiger partial charge in [0, 0.05) is 52.9 Å². The number of carbonyl (C=O) groups is 2. The average Bonchev–Trinajstić information content (AvgIpc) is 2.89. The molecular weight excluding hydrogens is 428 g/mol. The lowest BCUT2D eigenvalue weighted by Crippen LogP contribution is -2.36. The number of fused-ring (bicyclic) bond motifs is 1. The van der Waals surface area contributed by atoms with Crippen molar-refractivity contribution in [3.63, 3.8) is 0 Å². The Balaban J connectivity index is 1.28. The number of morpholine rings is 1. The maximum Gasteiger partial charge on any atom is 0.255 e. The van der Waals surface area contributed by atoms with Crippen molar-refractivity contribution >= 4 is 39.8 Å². The van der Waals surface area contributed by atoms with Crippen molar-refractivity contribution in [1.29, 1.82) is 0 Å². The van der Waals surface area contributed by atoms with Gasteiger partial charge in [-0.15, -0.1) is 0 Å². The molecule has 3 aromatic carbocycles. The monoisotopic (exact) mass is 452 g/mol. The van der Waals surface area contributed by atoms with E-state index in [2.05, 4.69) is 20.5 Å². The smallest absolute Gasteiger partial charge is 0.255 e. The van der Waals surface area contributed by atoms with E-state index < -0.39 is 0 Å². The van der Waals surface area contributed by atoms with Crippen molar-refractivity contribution in [2.45, 2.75) is 0 Å². The highest BCUT2D eigenvalue weighted by atomic mass is 16.5. The summed E-state index contributed by atoms with van der Waals surface area (Å²) in [6.07, 6.45) is 1.72. The molecule has 7 nitrogen and oxygen atoms in total. The zero-order chi connectivity index (χ0) is 23.3. The lowest BCUT2D eigenvalue weighted by Gasteiger charge is -2.29. The van der Waals surface area contributed by atoms with Crippen molar-refractivity contribution in [2.75, 3.05) is 41.8 Å². The molecule has 0 atom stereocenters. The van der Waals surface area contributed by atoms with E-state index in [1.807, 2.05) is 42.5 Å². The van der Waals surface area contributed by atoms with Gasteiger partial charge in [-0.1, -0.05) is 18.2 Å².